The zero-order chi connectivity index (χ0) is 28.8. The van der Waals surface area contributed by atoms with Crippen LogP contribution in [0, 0.1) is 0 Å². The Morgan fingerprint density at radius 3 is 2.26 bits per heavy atom. The number of benzene rings is 3. The highest BCUT2D eigenvalue weighted by atomic mass is 35.5. The minimum Gasteiger partial charge on any atom is -0.450 e. The third-order valence-electron chi connectivity index (χ3n) is 8.60. The van der Waals surface area contributed by atoms with E-state index >= 15 is 0 Å². The van der Waals surface area contributed by atoms with Crippen molar-refractivity contribution in [2.24, 2.45) is 0 Å². The van der Waals surface area contributed by atoms with Crippen molar-refractivity contribution in [3.8, 4) is 11.4 Å². The van der Waals surface area contributed by atoms with E-state index in [-0.39, 0.29) is 30.1 Å². The molecule has 3 aromatic carbocycles. The number of fused-ring (bicyclic) bond motifs is 3. The van der Waals surface area contributed by atoms with Gasteiger partial charge in [0.15, 0.2) is 0 Å². The van der Waals surface area contributed by atoms with Gasteiger partial charge in [-0.2, -0.15) is 0 Å². The second kappa shape index (κ2) is 11.4. The van der Waals surface area contributed by atoms with Crippen LogP contribution in [0.4, 0.5) is 4.79 Å². The molecule has 2 saturated heterocycles. The highest BCUT2D eigenvalue weighted by Crippen LogP contribution is 2.45. The number of hydrogen-bond donors (Lipinski definition) is 0. The second-order valence-electron chi connectivity index (χ2n) is 11.0. The molecule has 0 radical (unpaired) electrons. The van der Waals surface area contributed by atoms with Crippen molar-refractivity contribution in [2.45, 2.75) is 56.7 Å². The lowest BCUT2D eigenvalue weighted by atomic mass is 9.91. The number of piperidine rings is 1. The average Bonchev–Trinajstić information content (AvgIpc) is 3.71. The quantitative estimate of drug-likeness (QED) is 0.191. The first-order valence-electron chi connectivity index (χ1n) is 14.4. The summed E-state index contributed by atoms with van der Waals surface area (Å²) in [5, 5.41) is 4.45. The second-order valence-corrected chi connectivity index (χ2v) is 12.8. The summed E-state index contributed by atoms with van der Waals surface area (Å²) in [7, 11) is 0. The third kappa shape index (κ3) is 4.97. The van der Waals surface area contributed by atoms with Crippen LogP contribution in [0.1, 0.15) is 60.7 Å². The molecule has 9 heteroatoms. The molecule has 2 bridgehead atoms. The molecule has 4 heterocycles. The summed E-state index contributed by atoms with van der Waals surface area (Å²) in [6.45, 7) is 2.25. The topological polar surface area (TPSA) is 60.2 Å². The molecule has 1 amide bonds. The van der Waals surface area contributed by atoms with Gasteiger partial charge in [-0.25, -0.2) is 14.8 Å². The summed E-state index contributed by atoms with van der Waals surface area (Å²) in [5.41, 5.74) is 5.33. The normalized spacial score (nSPS) is 20.6. The van der Waals surface area contributed by atoms with Crippen molar-refractivity contribution in [2.75, 3.05) is 6.61 Å². The molecule has 2 aromatic heterocycles. The number of carbonyl (C=O) groups excluding carboxylic acids is 1. The lowest BCUT2D eigenvalue weighted by molar-refractivity contribution is 0.0627. The van der Waals surface area contributed by atoms with Crippen molar-refractivity contribution in [1.29, 1.82) is 0 Å². The maximum absolute atomic E-state index is 12.8. The van der Waals surface area contributed by atoms with Crippen LogP contribution in [0.15, 0.2) is 78.3 Å². The van der Waals surface area contributed by atoms with Crippen LogP contribution < -0.4 is 0 Å². The number of ether oxygens (including phenoxy) is 1. The molecular weight excluding hydrogens is 587 g/mol. The SMILES string of the molecule is CCOC(=O)N1C2CCC1CC(n1c(-c3ccc(Cl)cc3)nc3ccc(C(c4ccc(Cl)cc4)c4nccs4)cc31)C2. The van der Waals surface area contributed by atoms with Crippen molar-refractivity contribution in [3.63, 3.8) is 0 Å². The Kier molecular flexibility index (Phi) is 7.42. The Morgan fingerprint density at radius 2 is 1.62 bits per heavy atom. The fourth-order valence-corrected chi connectivity index (χ4v) is 7.87. The molecule has 0 N–H and O–H groups in total. The third-order valence-corrected chi connectivity index (χ3v) is 9.95. The monoisotopic (exact) mass is 616 g/mol. The van der Waals surface area contributed by atoms with Gasteiger partial charge in [-0.3, -0.25) is 0 Å². The molecule has 7 rings (SSSR count). The zero-order valence-electron chi connectivity index (χ0n) is 23.1. The van der Waals surface area contributed by atoms with E-state index in [0.717, 1.165) is 64.2 Å². The van der Waals surface area contributed by atoms with Gasteiger partial charge in [0.05, 0.1) is 23.6 Å². The number of rotatable bonds is 6. The maximum atomic E-state index is 12.8. The van der Waals surface area contributed by atoms with Gasteiger partial charge in [-0.1, -0.05) is 41.4 Å². The van der Waals surface area contributed by atoms with Gasteiger partial charge < -0.3 is 14.2 Å². The van der Waals surface area contributed by atoms with E-state index in [1.54, 1.807) is 11.3 Å². The Bertz CT molecular complexity index is 1710. The fourth-order valence-electron chi connectivity index (χ4n) is 6.83. The summed E-state index contributed by atoms with van der Waals surface area (Å²) >= 11 is 14.2. The van der Waals surface area contributed by atoms with Crippen LogP contribution in [0.3, 0.4) is 0 Å². The minimum absolute atomic E-state index is 0.0316. The number of aromatic nitrogens is 3. The van der Waals surface area contributed by atoms with Crippen LogP contribution in [-0.2, 0) is 4.74 Å². The molecule has 2 aliphatic rings. The minimum atomic E-state index is -0.187. The lowest BCUT2D eigenvalue weighted by Gasteiger charge is -2.39. The predicted octanol–water partition coefficient (Wildman–Crippen LogP) is 8.97. The summed E-state index contributed by atoms with van der Waals surface area (Å²) in [6, 6.07) is 23.0. The van der Waals surface area contributed by atoms with Gasteiger partial charge >= 0.3 is 6.09 Å². The largest absolute Gasteiger partial charge is 0.450 e. The van der Waals surface area contributed by atoms with E-state index in [9.17, 15) is 4.79 Å². The van der Waals surface area contributed by atoms with Crippen molar-refractivity contribution in [1.82, 2.24) is 19.4 Å². The summed E-state index contributed by atoms with van der Waals surface area (Å²) in [4.78, 5) is 24.7. The molecule has 214 valence electrons. The maximum Gasteiger partial charge on any atom is 0.410 e. The molecular formula is C33H30Cl2N4O2S. The van der Waals surface area contributed by atoms with Gasteiger partial charge in [0, 0.05) is 45.3 Å². The molecule has 2 aliphatic heterocycles. The number of amides is 1. The molecule has 5 aromatic rings. The van der Waals surface area contributed by atoms with Crippen LogP contribution in [0.2, 0.25) is 10.0 Å². The van der Waals surface area contributed by atoms with Gasteiger partial charge in [0.25, 0.3) is 0 Å². The van der Waals surface area contributed by atoms with E-state index in [4.69, 9.17) is 37.9 Å². The van der Waals surface area contributed by atoms with Crippen molar-refractivity contribution < 1.29 is 9.53 Å². The number of imidazole rings is 1. The van der Waals surface area contributed by atoms with E-state index < -0.39 is 0 Å². The number of thiazole rings is 1. The van der Waals surface area contributed by atoms with E-state index in [2.05, 4.69) is 34.9 Å². The Labute approximate surface area is 258 Å². The molecule has 2 fully saturated rings. The average molecular weight is 618 g/mol. The number of nitrogens with zero attached hydrogens (tertiary/aromatic N) is 4. The lowest BCUT2D eigenvalue weighted by Crippen LogP contribution is -2.47. The molecule has 0 spiro atoms. The molecule has 6 nitrogen and oxygen atoms in total. The van der Waals surface area contributed by atoms with Gasteiger partial charge in [-0.05, 0) is 92.3 Å². The molecule has 3 atom stereocenters. The van der Waals surface area contributed by atoms with E-state index in [1.807, 2.05) is 59.8 Å². The molecule has 3 unspecified atom stereocenters. The van der Waals surface area contributed by atoms with Crippen molar-refractivity contribution >= 4 is 51.7 Å². The first-order chi connectivity index (χ1) is 20.5. The molecule has 42 heavy (non-hydrogen) atoms. The summed E-state index contributed by atoms with van der Waals surface area (Å²) in [6.07, 6.45) is 5.39. The fraction of sp³-hybridized carbons (Fsp3) is 0.303. The Balaban J connectivity index is 1.36. The zero-order valence-corrected chi connectivity index (χ0v) is 25.4. The van der Waals surface area contributed by atoms with Gasteiger partial charge in [0.1, 0.15) is 10.8 Å². The van der Waals surface area contributed by atoms with Gasteiger partial charge in [-0.15, -0.1) is 11.3 Å². The molecule has 0 saturated carbocycles. The van der Waals surface area contributed by atoms with E-state index in [1.165, 1.54) is 0 Å². The number of carbonyl (C=O) groups is 1. The van der Waals surface area contributed by atoms with E-state index in [0.29, 0.717) is 16.7 Å². The molecule has 0 aliphatic carbocycles. The van der Waals surface area contributed by atoms with Crippen LogP contribution in [0.25, 0.3) is 22.4 Å². The standard InChI is InChI=1S/C33H30Cl2N4O2S/c1-2-41-33(40)38-25-12-13-26(38)19-27(18-25)39-29-17-22(7-14-28(29)37-31(39)21-5-10-24(35)11-6-21)30(32-36-15-16-42-32)20-3-8-23(34)9-4-20/h3-11,14-17,25-27,30H,2,12-13,18-19H2,1H3. The van der Waals surface area contributed by atoms with Crippen LogP contribution in [0.5, 0.6) is 0 Å². The number of halogens is 2. The first-order valence-corrected chi connectivity index (χ1v) is 16.0. The van der Waals surface area contributed by atoms with Crippen LogP contribution >= 0.6 is 34.5 Å². The highest BCUT2D eigenvalue weighted by molar-refractivity contribution is 7.09. The summed E-state index contributed by atoms with van der Waals surface area (Å²) < 4.78 is 7.84. The Morgan fingerprint density at radius 1 is 0.952 bits per heavy atom. The summed E-state index contributed by atoms with van der Waals surface area (Å²) in [5.74, 6) is 0.890. The van der Waals surface area contributed by atoms with Crippen molar-refractivity contribution in [3.05, 3.63) is 104 Å². The first kappa shape index (κ1) is 27.4. The predicted molar refractivity (Wildman–Crippen MR) is 169 cm³/mol. The Hall–Kier alpha value is -3.39. The highest BCUT2D eigenvalue weighted by Gasteiger charge is 2.45. The van der Waals surface area contributed by atoms with Crippen LogP contribution in [-0.4, -0.2) is 44.2 Å². The van der Waals surface area contributed by atoms with Gasteiger partial charge in [0.2, 0.25) is 0 Å². The number of hydrogen-bond acceptors (Lipinski definition) is 5. The smallest absolute Gasteiger partial charge is 0.410 e.